The summed E-state index contributed by atoms with van der Waals surface area (Å²) >= 11 is 0. The average Bonchev–Trinajstić information content (AvgIpc) is 2.58. The first-order valence-electron chi connectivity index (χ1n) is 8.24. The minimum absolute atomic E-state index is 0.129. The summed E-state index contributed by atoms with van der Waals surface area (Å²) in [6, 6.07) is 8.55. The number of esters is 1. The number of hydrogen-bond donors (Lipinski definition) is 0. The van der Waals surface area contributed by atoms with E-state index in [0.717, 1.165) is 5.56 Å². The second kappa shape index (κ2) is 8.50. The van der Waals surface area contributed by atoms with Gasteiger partial charge in [-0.2, -0.15) is 0 Å². The molecule has 0 spiro atoms. The molecule has 1 saturated heterocycles. The van der Waals surface area contributed by atoms with E-state index in [9.17, 15) is 14.4 Å². The molecule has 0 saturated carbocycles. The highest BCUT2D eigenvalue weighted by Crippen LogP contribution is 2.21. The summed E-state index contributed by atoms with van der Waals surface area (Å²) in [4.78, 5) is 38.9. The third-order valence-corrected chi connectivity index (χ3v) is 4.44. The molecular weight excluding hydrogens is 324 g/mol. The fourth-order valence-corrected chi connectivity index (χ4v) is 2.57. The van der Waals surface area contributed by atoms with Crippen LogP contribution in [0, 0.1) is 0 Å². The topological polar surface area (TPSA) is 76.2 Å². The number of nitrogens with zero attached hydrogens (tertiary/aromatic N) is 2. The first kappa shape index (κ1) is 18.8. The Morgan fingerprint density at radius 2 is 1.96 bits per heavy atom. The smallest absolute Gasteiger partial charge is 0.410 e. The SMILES string of the molecule is COC(=O)C1CCN1C(=O)CC(C)N(C)C(=O)OCc1ccccc1. The first-order valence-corrected chi connectivity index (χ1v) is 8.24. The van der Waals surface area contributed by atoms with Crippen LogP contribution in [0.2, 0.25) is 0 Å². The maximum Gasteiger partial charge on any atom is 0.410 e. The van der Waals surface area contributed by atoms with E-state index in [2.05, 4.69) is 4.74 Å². The number of methoxy groups -OCH3 is 1. The maximum absolute atomic E-state index is 12.3. The fourth-order valence-electron chi connectivity index (χ4n) is 2.57. The Labute approximate surface area is 147 Å². The van der Waals surface area contributed by atoms with Gasteiger partial charge in [0.15, 0.2) is 0 Å². The van der Waals surface area contributed by atoms with Crippen molar-refractivity contribution in [3.63, 3.8) is 0 Å². The van der Waals surface area contributed by atoms with Crippen molar-refractivity contribution in [2.45, 2.75) is 38.5 Å². The lowest BCUT2D eigenvalue weighted by Crippen LogP contribution is -2.56. The van der Waals surface area contributed by atoms with Crippen molar-refractivity contribution in [2.75, 3.05) is 20.7 Å². The number of ether oxygens (including phenoxy) is 2. The summed E-state index contributed by atoms with van der Waals surface area (Å²) in [6.07, 6.45) is 0.254. The van der Waals surface area contributed by atoms with Gasteiger partial charge in [-0.15, -0.1) is 0 Å². The normalized spacial score (nSPS) is 17.2. The molecule has 0 aromatic heterocycles. The molecule has 1 aromatic carbocycles. The molecule has 0 aliphatic carbocycles. The van der Waals surface area contributed by atoms with E-state index in [0.29, 0.717) is 13.0 Å². The molecule has 2 amide bonds. The van der Waals surface area contributed by atoms with Crippen LogP contribution >= 0.6 is 0 Å². The number of rotatable bonds is 6. The van der Waals surface area contributed by atoms with Gasteiger partial charge in [-0.05, 0) is 18.9 Å². The van der Waals surface area contributed by atoms with E-state index in [1.807, 2.05) is 30.3 Å². The highest BCUT2D eigenvalue weighted by atomic mass is 16.6. The van der Waals surface area contributed by atoms with E-state index < -0.39 is 18.1 Å². The third-order valence-electron chi connectivity index (χ3n) is 4.44. The molecule has 136 valence electrons. The van der Waals surface area contributed by atoms with E-state index in [1.165, 1.54) is 16.9 Å². The zero-order chi connectivity index (χ0) is 18.4. The van der Waals surface area contributed by atoms with Crippen molar-refractivity contribution in [1.29, 1.82) is 0 Å². The number of hydrogen-bond acceptors (Lipinski definition) is 5. The van der Waals surface area contributed by atoms with Crippen molar-refractivity contribution in [2.24, 2.45) is 0 Å². The molecule has 0 N–H and O–H groups in total. The molecule has 7 nitrogen and oxygen atoms in total. The summed E-state index contributed by atoms with van der Waals surface area (Å²) in [5, 5.41) is 0. The van der Waals surface area contributed by atoms with Crippen LogP contribution in [0.3, 0.4) is 0 Å². The molecule has 1 heterocycles. The minimum Gasteiger partial charge on any atom is -0.467 e. The van der Waals surface area contributed by atoms with Gasteiger partial charge in [-0.1, -0.05) is 30.3 Å². The monoisotopic (exact) mass is 348 g/mol. The van der Waals surface area contributed by atoms with Crippen LogP contribution in [-0.4, -0.2) is 60.6 Å². The number of amides is 2. The molecule has 25 heavy (non-hydrogen) atoms. The highest BCUT2D eigenvalue weighted by Gasteiger charge is 2.38. The highest BCUT2D eigenvalue weighted by molar-refractivity contribution is 5.86. The summed E-state index contributed by atoms with van der Waals surface area (Å²) in [5.41, 5.74) is 0.898. The number of likely N-dealkylation sites (tertiary alicyclic amines) is 1. The quantitative estimate of drug-likeness (QED) is 0.733. The molecule has 1 fully saturated rings. The van der Waals surface area contributed by atoms with Gasteiger partial charge in [0.05, 0.1) is 7.11 Å². The van der Waals surface area contributed by atoms with Crippen LogP contribution in [0.25, 0.3) is 0 Å². The number of carbonyl (C=O) groups is 3. The zero-order valence-electron chi connectivity index (χ0n) is 14.8. The van der Waals surface area contributed by atoms with Gasteiger partial charge in [0.25, 0.3) is 0 Å². The van der Waals surface area contributed by atoms with E-state index in [1.54, 1.807) is 14.0 Å². The first-order chi connectivity index (χ1) is 11.9. The average molecular weight is 348 g/mol. The molecule has 1 aromatic rings. The van der Waals surface area contributed by atoms with Gasteiger partial charge >= 0.3 is 12.1 Å². The maximum atomic E-state index is 12.3. The zero-order valence-corrected chi connectivity index (χ0v) is 14.8. The summed E-state index contributed by atoms with van der Waals surface area (Å²) < 4.78 is 9.94. The second-order valence-corrected chi connectivity index (χ2v) is 6.12. The van der Waals surface area contributed by atoms with Crippen LogP contribution in [0.5, 0.6) is 0 Å². The fraction of sp³-hybridized carbons (Fsp3) is 0.500. The largest absolute Gasteiger partial charge is 0.467 e. The third kappa shape index (κ3) is 4.71. The van der Waals surface area contributed by atoms with Gasteiger partial charge in [0.1, 0.15) is 12.6 Å². The Balaban J connectivity index is 1.81. The number of benzene rings is 1. The lowest BCUT2D eigenvalue weighted by molar-refractivity contribution is -0.160. The molecule has 0 bridgehead atoms. The Bertz CT molecular complexity index is 619. The van der Waals surface area contributed by atoms with E-state index >= 15 is 0 Å². The predicted octanol–water partition coefficient (Wildman–Crippen LogP) is 1.81. The van der Waals surface area contributed by atoms with Gasteiger partial charge in [0.2, 0.25) is 5.91 Å². The van der Waals surface area contributed by atoms with Crippen LogP contribution in [0.1, 0.15) is 25.3 Å². The van der Waals surface area contributed by atoms with Crippen molar-refractivity contribution in [3.05, 3.63) is 35.9 Å². The second-order valence-electron chi connectivity index (χ2n) is 6.12. The molecule has 2 rings (SSSR count). The Hall–Kier alpha value is -2.57. The molecule has 2 atom stereocenters. The van der Waals surface area contributed by atoms with E-state index in [4.69, 9.17) is 4.74 Å². The van der Waals surface area contributed by atoms with Crippen LogP contribution in [-0.2, 0) is 25.7 Å². The molecule has 2 unspecified atom stereocenters. The van der Waals surface area contributed by atoms with Gasteiger partial charge in [-0.25, -0.2) is 9.59 Å². The van der Waals surface area contributed by atoms with Crippen LogP contribution in [0.4, 0.5) is 4.79 Å². The lowest BCUT2D eigenvalue weighted by Gasteiger charge is -2.39. The van der Waals surface area contributed by atoms with Gasteiger partial charge < -0.3 is 19.3 Å². The standard InChI is InChI=1S/C18H24N2O5/c1-13(11-16(21)20-10-9-15(20)17(22)24-3)19(2)18(23)25-12-14-7-5-4-6-8-14/h4-8,13,15H,9-12H2,1-3H3. The lowest BCUT2D eigenvalue weighted by atomic mass is 10.0. The summed E-state index contributed by atoms with van der Waals surface area (Å²) in [6.45, 7) is 2.49. The van der Waals surface area contributed by atoms with Gasteiger partial charge in [-0.3, -0.25) is 4.79 Å². The molecule has 0 radical (unpaired) electrons. The Morgan fingerprint density at radius 3 is 2.52 bits per heavy atom. The Morgan fingerprint density at radius 1 is 1.28 bits per heavy atom. The van der Waals surface area contributed by atoms with Crippen LogP contribution in [0.15, 0.2) is 30.3 Å². The van der Waals surface area contributed by atoms with Crippen molar-refractivity contribution >= 4 is 18.0 Å². The molecular formula is C18H24N2O5. The summed E-state index contributed by atoms with van der Waals surface area (Å²) in [5.74, 6) is -0.570. The van der Waals surface area contributed by atoms with Crippen molar-refractivity contribution in [3.8, 4) is 0 Å². The van der Waals surface area contributed by atoms with Gasteiger partial charge in [0, 0.05) is 26.1 Å². The van der Waals surface area contributed by atoms with E-state index in [-0.39, 0.29) is 25.0 Å². The van der Waals surface area contributed by atoms with Crippen molar-refractivity contribution < 1.29 is 23.9 Å². The van der Waals surface area contributed by atoms with Crippen molar-refractivity contribution in [1.82, 2.24) is 9.80 Å². The molecule has 7 heteroatoms. The summed E-state index contributed by atoms with van der Waals surface area (Å²) in [7, 11) is 2.90. The number of carbonyl (C=O) groups excluding carboxylic acids is 3. The van der Waals surface area contributed by atoms with Crippen LogP contribution < -0.4 is 0 Å². The predicted molar refractivity (Wildman–Crippen MR) is 90.6 cm³/mol. The minimum atomic E-state index is -0.500. The molecule has 1 aliphatic rings. The Kier molecular flexibility index (Phi) is 6.38. The molecule has 1 aliphatic heterocycles.